The average Bonchev–Trinajstić information content (AvgIpc) is 2.90. The van der Waals surface area contributed by atoms with Gasteiger partial charge in [-0.3, -0.25) is 14.4 Å². The predicted molar refractivity (Wildman–Crippen MR) is 160 cm³/mol. The van der Waals surface area contributed by atoms with E-state index in [1.54, 1.807) is 14.2 Å². The van der Waals surface area contributed by atoms with Gasteiger partial charge in [-0.05, 0) is 97.2 Å². The number of rotatable bonds is 5. The molecule has 6 nitrogen and oxygen atoms in total. The van der Waals surface area contributed by atoms with Gasteiger partial charge in [-0.15, -0.1) is 0 Å². The largest absolute Gasteiger partial charge is 0.469 e. The number of fused-ring (bicyclic) bond motifs is 7. The van der Waals surface area contributed by atoms with Gasteiger partial charge in [0.25, 0.3) is 0 Å². The van der Waals surface area contributed by atoms with Crippen molar-refractivity contribution in [1.82, 2.24) is 5.32 Å². The molecule has 0 aromatic heterocycles. The summed E-state index contributed by atoms with van der Waals surface area (Å²) in [5.74, 6) is 0.140. The quantitative estimate of drug-likeness (QED) is 0.176. The molecule has 0 radical (unpaired) electrons. The van der Waals surface area contributed by atoms with Crippen LogP contribution in [0.25, 0.3) is 0 Å². The van der Waals surface area contributed by atoms with Crippen molar-refractivity contribution in [2.75, 3.05) is 27.4 Å². The lowest BCUT2D eigenvalue weighted by molar-refractivity contribution is -0.196. The van der Waals surface area contributed by atoms with E-state index in [0.717, 1.165) is 51.4 Å². The smallest absolute Gasteiger partial charge is 0.312 e. The highest BCUT2D eigenvalue weighted by atomic mass is 16.5. The lowest BCUT2D eigenvalue weighted by atomic mass is 9.33. The third-order valence-corrected chi connectivity index (χ3v) is 13.9. The van der Waals surface area contributed by atoms with Crippen LogP contribution in [0.3, 0.4) is 0 Å². The number of methoxy groups -OCH3 is 2. The van der Waals surface area contributed by atoms with Gasteiger partial charge in [-0.25, -0.2) is 0 Å². The monoisotopic (exact) mass is 569 g/mol. The number of ketones is 1. The van der Waals surface area contributed by atoms with E-state index in [0.29, 0.717) is 25.5 Å². The molecule has 41 heavy (non-hydrogen) atoms. The second-order valence-corrected chi connectivity index (χ2v) is 16.5. The summed E-state index contributed by atoms with van der Waals surface area (Å²) in [7, 11) is 3.18. The molecule has 8 atom stereocenters. The zero-order chi connectivity index (χ0) is 30.2. The van der Waals surface area contributed by atoms with Crippen molar-refractivity contribution >= 4 is 17.7 Å². The summed E-state index contributed by atoms with van der Waals surface area (Å²) in [4.78, 5) is 40.8. The van der Waals surface area contributed by atoms with E-state index < -0.39 is 16.7 Å². The molecule has 0 aromatic rings. The Balaban J connectivity index is 1.56. The third kappa shape index (κ3) is 4.23. The molecule has 5 aliphatic rings. The lowest BCUT2D eigenvalue weighted by Crippen LogP contribution is -2.66. The van der Waals surface area contributed by atoms with E-state index in [9.17, 15) is 14.4 Å². The van der Waals surface area contributed by atoms with Crippen molar-refractivity contribution in [3.05, 3.63) is 11.6 Å². The Labute approximate surface area is 248 Å². The van der Waals surface area contributed by atoms with Crippen molar-refractivity contribution in [3.63, 3.8) is 0 Å². The van der Waals surface area contributed by atoms with Gasteiger partial charge in [0.05, 0.1) is 25.0 Å². The molecule has 0 aliphatic heterocycles. The van der Waals surface area contributed by atoms with Crippen molar-refractivity contribution in [2.45, 2.75) is 106 Å². The molecular weight excluding hydrogens is 514 g/mol. The molecule has 8 unspecified atom stereocenters. The van der Waals surface area contributed by atoms with Gasteiger partial charge in [-0.1, -0.05) is 60.1 Å². The number of hydrogen-bond acceptors (Lipinski definition) is 5. The SMILES string of the molecule is COCCNC(=O)C1CC2(C)C(CCC3(C)C2CC=C2C4CC(C)(C)CCC4(C(=O)OC)CCC23C)C(C)(C)C1=O. The molecule has 5 aliphatic carbocycles. The molecule has 0 heterocycles. The number of hydrogen-bond donors (Lipinski definition) is 1. The Morgan fingerprint density at radius 2 is 1.61 bits per heavy atom. The second-order valence-electron chi connectivity index (χ2n) is 16.5. The first-order valence-electron chi connectivity index (χ1n) is 16.1. The molecule has 1 N–H and O–H groups in total. The number of allylic oxidation sites excluding steroid dienone is 2. The van der Waals surface area contributed by atoms with Gasteiger partial charge in [0.2, 0.25) is 5.91 Å². The predicted octanol–water partition coefficient (Wildman–Crippen LogP) is 6.52. The normalized spacial score (nSPS) is 44.3. The molecule has 0 aromatic carbocycles. The van der Waals surface area contributed by atoms with Crippen LogP contribution < -0.4 is 5.32 Å². The van der Waals surface area contributed by atoms with Crippen LogP contribution in [0.1, 0.15) is 106 Å². The molecule has 5 rings (SSSR count). The second kappa shape index (κ2) is 9.92. The Kier molecular flexibility index (Phi) is 7.44. The Morgan fingerprint density at radius 3 is 2.27 bits per heavy atom. The van der Waals surface area contributed by atoms with Crippen molar-refractivity contribution in [1.29, 1.82) is 0 Å². The fraction of sp³-hybridized carbons (Fsp3) is 0.857. The summed E-state index contributed by atoms with van der Waals surface area (Å²) >= 11 is 0. The number of amides is 1. The van der Waals surface area contributed by atoms with Crippen molar-refractivity contribution in [2.24, 2.45) is 56.2 Å². The molecule has 230 valence electrons. The van der Waals surface area contributed by atoms with Crippen molar-refractivity contribution < 1.29 is 23.9 Å². The fourth-order valence-electron chi connectivity index (χ4n) is 11.4. The van der Waals surface area contributed by atoms with Gasteiger partial charge in [-0.2, -0.15) is 0 Å². The molecule has 4 saturated carbocycles. The number of carbonyl (C=O) groups is 3. The Morgan fingerprint density at radius 1 is 0.927 bits per heavy atom. The Bertz CT molecular complexity index is 1140. The minimum absolute atomic E-state index is 0.0150. The molecule has 4 fully saturated rings. The molecule has 1 amide bonds. The van der Waals surface area contributed by atoms with Crippen LogP contribution in [0.4, 0.5) is 0 Å². The zero-order valence-corrected chi connectivity index (χ0v) is 27.2. The van der Waals surface area contributed by atoms with Crippen LogP contribution in [0.2, 0.25) is 0 Å². The zero-order valence-electron chi connectivity index (χ0n) is 27.2. The van der Waals surface area contributed by atoms with Gasteiger partial charge < -0.3 is 14.8 Å². The van der Waals surface area contributed by atoms with E-state index in [1.807, 2.05) is 0 Å². The van der Waals surface area contributed by atoms with Crippen LogP contribution in [0, 0.1) is 56.2 Å². The standard InChI is InChI=1S/C35H55NO5/c1-30(2)14-16-35(29(39)41-9)17-15-33(6)23(24(35)21-30)10-11-26-32(5)20-22(28(38)36-18-19-40-8)27(37)31(3,4)25(32)12-13-34(26,33)7/h10,22,24-26H,11-21H2,1-9H3,(H,36,38). The summed E-state index contributed by atoms with van der Waals surface area (Å²) in [5, 5.41) is 2.99. The summed E-state index contributed by atoms with van der Waals surface area (Å²) in [6.45, 7) is 17.2. The highest BCUT2D eigenvalue weighted by Crippen LogP contribution is 2.75. The van der Waals surface area contributed by atoms with Gasteiger partial charge in [0, 0.05) is 19.1 Å². The number of carbonyl (C=O) groups excluding carboxylic acids is 3. The summed E-state index contributed by atoms with van der Waals surface area (Å²) in [6, 6.07) is 0. The first-order valence-corrected chi connectivity index (χ1v) is 16.1. The summed E-state index contributed by atoms with van der Waals surface area (Å²) in [6.07, 6.45) is 11.0. The molecule has 6 heteroatoms. The molecule has 0 saturated heterocycles. The maximum absolute atomic E-state index is 13.8. The number of ether oxygens (including phenoxy) is 2. The van der Waals surface area contributed by atoms with Gasteiger partial charge in [0.1, 0.15) is 0 Å². The van der Waals surface area contributed by atoms with Gasteiger partial charge in [0.15, 0.2) is 5.78 Å². The highest BCUT2D eigenvalue weighted by Gasteiger charge is 2.70. The highest BCUT2D eigenvalue weighted by molar-refractivity contribution is 6.04. The maximum atomic E-state index is 13.8. The van der Waals surface area contributed by atoms with E-state index in [-0.39, 0.29) is 51.2 Å². The minimum atomic E-state index is -0.624. The summed E-state index contributed by atoms with van der Waals surface area (Å²) < 4.78 is 10.7. The van der Waals surface area contributed by atoms with E-state index in [1.165, 1.54) is 5.57 Å². The average molecular weight is 570 g/mol. The first-order chi connectivity index (χ1) is 19.0. The molecule has 0 spiro atoms. The Hall–Kier alpha value is -1.69. The molecular formula is C35H55NO5. The maximum Gasteiger partial charge on any atom is 0.312 e. The third-order valence-electron chi connectivity index (χ3n) is 13.9. The summed E-state index contributed by atoms with van der Waals surface area (Å²) in [5.41, 5.74) is 0.595. The number of nitrogens with one attached hydrogen (secondary N) is 1. The fourth-order valence-corrected chi connectivity index (χ4v) is 11.4. The van der Waals surface area contributed by atoms with Crippen LogP contribution in [-0.2, 0) is 23.9 Å². The van der Waals surface area contributed by atoms with Crippen LogP contribution >= 0.6 is 0 Å². The topological polar surface area (TPSA) is 81.7 Å². The van der Waals surface area contributed by atoms with E-state index >= 15 is 0 Å². The van der Waals surface area contributed by atoms with Crippen molar-refractivity contribution in [3.8, 4) is 0 Å². The van der Waals surface area contributed by atoms with Crippen LogP contribution in [-0.4, -0.2) is 45.0 Å². The van der Waals surface area contributed by atoms with Gasteiger partial charge >= 0.3 is 5.97 Å². The van der Waals surface area contributed by atoms with Crippen LogP contribution in [0.5, 0.6) is 0 Å². The van der Waals surface area contributed by atoms with E-state index in [2.05, 4.69) is 59.9 Å². The number of Topliss-reactive ketones (excluding diaryl/α,β-unsaturated/α-hetero) is 1. The first kappa shape index (κ1) is 30.8. The van der Waals surface area contributed by atoms with E-state index in [4.69, 9.17) is 9.47 Å². The van der Waals surface area contributed by atoms with Crippen LogP contribution in [0.15, 0.2) is 11.6 Å². The molecule has 0 bridgehead atoms. The minimum Gasteiger partial charge on any atom is -0.469 e. The lowest BCUT2D eigenvalue weighted by Gasteiger charge is -2.71. The number of esters is 1.